The van der Waals surface area contributed by atoms with E-state index in [1.165, 1.54) is 24.3 Å². The highest BCUT2D eigenvalue weighted by Crippen LogP contribution is 2.43. The minimum Gasteiger partial charge on any atom is -0.267 e. The molecule has 0 amide bonds. The molecule has 1 saturated heterocycles. The first-order chi connectivity index (χ1) is 14.0. The summed E-state index contributed by atoms with van der Waals surface area (Å²) in [4.78, 5) is 0. The molecule has 30 heavy (non-hydrogen) atoms. The van der Waals surface area contributed by atoms with E-state index in [2.05, 4.69) is 10.5 Å². The van der Waals surface area contributed by atoms with Gasteiger partial charge in [0.25, 0.3) is 0 Å². The summed E-state index contributed by atoms with van der Waals surface area (Å²) in [6.45, 7) is -0.682. The molecular weight excluding hydrogens is 418 g/mol. The van der Waals surface area contributed by atoms with Gasteiger partial charge in [0.2, 0.25) is 0 Å². The molecule has 3 rings (SSSR count). The third kappa shape index (κ3) is 2.84. The Hall–Kier alpha value is -4.27. The lowest BCUT2D eigenvalue weighted by Crippen LogP contribution is -2.50. The highest BCUT2D eigenvalue weighted by atomic mass is 19.4. The van der Waals surface area contributed by atoms with Gasteiger partial charge < -0.3 is 0 Å². The molecule has 0 saturated carbocycles. The molecule has 0 aromatic carbocycles. The first-order valence-corrected chi connectivity index (χ1v) is 7.60. The van der Waals surface area contributed by atoms with Gasteiger partial charge in [0.1, 0.15) is 40.8 Å². The minimum atomic E-state index is -5.28. The number of hydrogen-bond acceptors (Lipinski definition) is 7. The standard InChI is InChI=1S/C16H4F6N8/c17-15(18,19)13-11-9(7(1-23)2-24)5-27-29(11)14(16(20,21)22)12-10(6-28-30(12)13)8(3-25)4-26/h5,28H,6H2. The van der Waals surface area contributed by atoms with E-state index in [-0.39, 0.29) is 9.69 Å². The van der Waals surface area contributed by atoms with Crippen LogP contribution in [-0.4, -0.2) is 33.7 Å². The van der Waals surface area contributed by atoms with Crippen molar-refractivity contribution < 1.29 is 26.3 Å². The molecule has 2 aliphatic rings. The van der Waals surface area contributed by atoms with Crippen molar-refractivity contribution in [2.75, 3.05) is 6.54 Å². The smallest absolute Gasteiger partial charge is 0.267 e. The molecule has 2 aliphatic heterocycles. The van der Waals surface area contributed by atoms with Gasteiger partial charge in [-0.05, 0) is 0 Å². The number of hydrogen-bond donors (Lipinski definition) is 1. The van der Waals surface area contributed by atoms with E-state index in [9.17, 15) is 26.3 Å². The highest BCUT2D eigenvalue weighted by Gasteiger charge is 2.52. The summed E-state index contributed by atoms with van der Waals surface area (Å²) in [6.07, 6.45) is -10.0. The van der Waals surface area contributed by atoms with E-state index in [0.29, 0.717) is 6.20 Å². The number of rotatable bonds is 0. The molecule has 1 N–H and O–H groups in total. The van der Waals surface area contributed by atoms with Crippen LogP contribution in [-0.2, 0) is 0 Å². The van der Waals surface area contributed by atoms with Crippen molar-refractivity contribution in [3.63, 3.8) is 0 Å². The Bertz CT molecular complexity index is 1280. The fourth-order valence-corrected chi connectivity index (χ4v) is 3.06. The number of alkyl halides is 6. The third-order valence-corrected chi connectivity index (χ3v) is 4.13. The molecule has 0 bridgehead atoms. The average Bonchev–Trinajstić information content (AvgIpc) is 3.25. The van der Waals surface area contributed by atoms with Crippen LogP contribution in [0.2, 0.25) is 0 Å². The molecule has 3 heterocycles. The van der Waals surface area contributed by atoms with Crippen molar-refractivity contribution in [3.05, 3.63) is 33.6 Å². The van der Waals surface area contributed by atoms with Crippen LogP contribution >= 0.6 is 0 Å². The van der Waals surface area contributed by atoms with Crippen LogP contribution in [0.15, 0.2) is 23.0 Å². The van der Waals surface area contributed by atoms with Crippen molar-refractivity contribution in [3.8, 4) is 24.3 Å². The van der Waals surface area contributed by atoms with Crippen molar-refractivity contribution in [2.24, 2.45) is 0 Å². The molecule has 1 fully saturated rings. The summed E-state index contributed by atoms with van der Waals surface area (Å²) in [7, 11) is 0. The summed E-state index contributed by atoms with van der Waals surface area (Å²) in [5.74, 6) is 0. The summed E-state index contributed by atoms with van der Waals surface area (Å²) in [5, 5.41) is 37.5. The molecule has 0 radical (unpaired) electrons. The molecule has 0 unspecified atom stereocenters. The Balaban J connectivity index is 2.66. The van der Waals surface area contributed by atoms with Gasteiger partial charge in [0.05, 0.1) is 17.1 Å². The van der Waals surface area contributed by atoms with Crippen LogP contribution in [0, 0.1) is 45.3 Å². The van der Waals surface area contributed by atoms with Crippen LogP contribution in [0.25, 0.3) is 17.0 Å². The summed E-state index contributed by atoms with van der Waals surface area (Å²) < 4.78 is 83.4. The molecular formula is C16H4F6N8. The van der Waals surface area contributed by atoms with Gasteiger partial charge in [-0.3, -0.25) is 5.01 Å². The summed E-state index contributed by atoms with van der Waals surface area (Å²) >= 11 is 0. The average molecular weight is 422 g/mol. The second-order valence-electron chi connectivity index (χ2n) is 5.71. The van der Waals surface area contributed by atoms with Gasteiger partial charge in [-0.25, -0.2) is 10.1 Å². The lowest BCUT2D eigenvalue weighted by molar-refractivity contribution is -0.0893. The normalized spacial score (nSPS) is 15.6. The zero-order chi connectivity index (χ0) is 22.4. The number of nitrogens with zero attached hydrogens (tertiary/aromatic N) is 7. The molecule has 0 atom stereocenters. The number of halogens is 6. The largest absolute Gasteiger partial charge is 0.435 e. The molecule has 0 aliphatic carbocycles. The van der Waals surface area contributed by atoms with Crippen molar-refractivity contribution in [1.29, 1.82) is 21.0 Å². The van der Waals surface area contributed by atoms with Crippen LogP contribution in [0.4, 0.5) is 26.3 Å². The van der Waals surface area contributed by atoms with Crippen molar-refractivity contribution in [1.82, 2.24) is 20.2 Å². The summed E-state index contributed by atoms with van der Waals surface area (Å²) in [5.41, 5.74) is -4.74. The predicted molar refractivity (Wildman–Crippen MR) is 82.9 cm³/mol. The number of hydrazine groups is 1. The van der Waals surface area contributed by atoms with E-state index < -0.39 is 63.3 Å². The maximum Gasteiger partial charge on any atom is 0.435 e. The van der Waals surface area contributed by atoms with Crippen LogP contribution < -0.4 is 16.0 Å². The second-order valence-corrected chi connectivity index (χ2v) is 5.71. The molecule has 150 valence electrons. The number of aromatic nitrogens is 2. The number of nitrogens with one attached hydrogen (secondary N) is 1. The quantitative estimate of drug-likeness (QED) is 0.481. The van der Waals surface area contributed by atoms with Gasteiger partial charge in [-0.15, -0.1) is 0 Å². The predicted octanol–water partition coefficient (Wildman–Crippen LogP) is 0.660. The fourth-order valence-electron chi connectivity index (χ4n) is 3.06. The maximum atomic E-state index is 13.9. The van der Waals surface area contributed by atoms with E-state index in [0.717, 1.165) is 0 Å². The van der Waals surface area contributed by atoms with E-state index in [4.69, 9.17) is 21.0 Å². The van der Waals surface area contributed by atoms with Crippen molar-refractivity contribution >= 4 is 17.0 Å². The lowest BCUT2D eigenvalue weighted by Gasteiger charge is -2.31. The Kier molecular flexibility index (Phi) is 4.54. The Morgan fingerprint density at radius 2 is 1.43 bits per heavy atom. The van der Waals surface area contributed by atoms with Crippen molar-refractivity contribution in [2.45, 2.75) is 12.4 Å². The third-order valence-electron chi connectivity index (χ3n) is 4.13. The number of nitriles is 4. The number of allylic oxidation sites excluding steroid dienone is 2. The van der Waals surface area contributed by atoms with Gasteiger partial charge >= 0.3 is 12.4 Å². The van der Waals surface area contributed by atoms with E-state index >= 15 is 0 Å². The molecule has 1 aromatic heterocycles. The lowest BCUT2D eigenvalue weighted by atomic mass is 10.0. The van der Waals surface area contributed by atoms with Gasteiger partial charge in [-0.2, -0.15) is 52.5 Å². The van der Waals surface area contributed by atoms with E-state index in [1.54, 1.807) is 0 Å². The molecule has 14 heteroatoms. The Morgan fingerprint density at radius 1 is 0.900 bits per heavy atom. The monoisotopic (exact) mass is 422 g/mol. The topological polar surface area (TPSA) is 128 Å². The first-order valence-electron chi connectivity index (χ1n) is 7.60. The molecule has 1 aromatic rings. The van der Waals surface area contributed by atoms with Crippen LogP contribution in [0.5, 0.6) is 0 Å². The van der Waals surface area contributed by atoms with Gasteiger partial charge in [0.15, 0.2) is 11.4 Å². The fraction of sp³-hybridized carbons (Fsp3) is 0.188. The molecule has 8 nitrogen and oxygen atoms in total. The second kappa shape index (κ2) is 6.66. The summed E-state index contributed by atoms with van der Waals surface area (Å²) in [6, 6.07) is 5.37. The van der Waals surface area contributed by atoms with Crippen LogP contribution in [0.3, 0.4) is 0 Å². The zero-order valence-corrected chi connectivity index (χ0v) is 14.2. The van der Waals surface area contributed by atoms with Crippen LogP contribution in [0.1, 0.15) is 0 Å². The first kappa shape index (κ1) is 20.5. The maximum absolute atomic E-state index is 13.9. The van der Waals surface area contributed by atoms with E-state index in [1.807, 2.05) is 0 Å². The Morgan fingerprint density at radius 3 is 1.90 bits per heavy atom. The highest BCUT2D eigenvalue weighted by molar-refractivity contribution is 5.76. The number of fused-ring (bicyclic) bond motifs is 2. The minimum absolute atomic E-state index is 0.0553. The SMILES string of the molecule is N#CC(C#N)=C1CNN2C1=C(C(F)(F)F)n1ncc(=C(C#N)C#N)c1=C2C(F)(F)F. The van der Waals surface area contributed by atoms with Gasteiger partial charge in [0, 0.05) is 12.1 Å². The molecule has 0 spiro atoms. The Labute approximate surface area is 162 Å². The van der Waals surface area contributed by atoms with Gasteiger partial charge in [-0.1, -0.05) is 0 Å². The zero-order valence-electron chi connectivity index (χ0n) is 14.2.